The molecule has 2 heterocycles. The zero-order valence-corrected chi connectivity index (χ0v) is 17.7. The molecule has 0 radical (unpaired) electrons. The molecular weight excluding hydrogens is 430 g/mol. The molecule has 29 heavy (non-hydrogen) atoms. The van der Waals surface area contributed by atoms with Crippen molar-refractivity contribution in [3.8, 4) is 0 Å². The molecule has 7 heteroatoms. The second-order valence-corrected chi connectivity index (χ2v) is 8.26. The number of aromatic nitrogens is 2. The first kappa shape index (κ1) is 19.4. The number of hydrogen-bond donors (Lipinski definition) is 2. The van der Waals surface area contributed by atoms with Crippen LogP contribution in [0.25, 0.3) is 10.9 Å². The molecule has 2 aromatic carbocycles. The van der Waals surface area contributed by atoms with E-state index in [1.807, 2.05) is 19.1 Å². The number of halogens is 1. The van der Waals surface area contributed by atoms with Crippen LogP contribution in [0.5, 0.6) is 0 Å². The Bertz CT molecular complexity index is 1100. The number of carbonyl (C=O) groups is 1. The van der Waals surface area contributed by atoms with Crippen LogP contribution < -0.4 is 11.1 Å². The lowest BCUT2D eigenvalue weighted by atomic mass is 9.94. The molecule has 0 saturated carbocycles. The number of anilines is 1. The van der Waals surface area contributed by atoms with Crippen LogP contribution in [0.1, 0.15) is 28.8 Å². The number of nitrogens with two attached hydrogens (primary N) is 1. The number of amides is 1. The maximum atomic E-state index is 11.8. The van der Waals surface area contributed by atoms with Crippen LogP contribution >= 0.6 is 15.9 Å². The molecule has 1 aliphatic heterocycles. The zero-order chi connectivity index (χ0) is 20.5. The fourth-order valence-electron chi connectivity index (χ4n) is 3.91. The Balaban J connectivity index is 1.72. The van der Waals surface area contributed by atoms with Crippen molar-refractivity contribution in [1.29, 1.82) is 0 Å². The Kier molecular flexibility index (Phi) is 5.24. The number of primary amides is 1. The number of para-hydroxylation sites is 1. The number of allylic oxidation sites excluding steroid dienone is 1. The molecule has 1 saturated heterocycles. The van der Waals surface area contributed by atoms with Crippen molar-refractivity contribution in [2.45, 2.75) is 18.9 Å². The van der Waals surface area contributed by atoms with Gasteiger partial charge in [0.05, 0.1) is 17.1 Å². The van der Waals surface area contributed by atoms with Gasteiger partial charge in [0.25, 0.3) is 5.91 Å². The third-order valence-corrected chi connectivity index (χ3v) is 5.88. The minimum Gasteiger partial charge on any atom is -0.373 e. The van der Waals surface area contributed by atoms with E-state index in [1.165, 1.54) is 11.9 Å². The average molecular weight is 452 g/mol. The molecule has 3 aromatic rings. The van der Waals surface area contributed by atoms with E-state index in [1.54, 1.807) is 12.1 Å². The number of fused-ring (bicyclic) bond motifs is 1. The smallest absolute Gasteiger partial charge is 0.250 e. The van der Waals surface area contributed by atoms with Gasteiger partial charge < -0.3 is 16.0 Å². The van der Waals surface area contributed by atoms with Gasteiger partial charge in [0.2, 0.25) is 0 Å². The van der Waals surface area contributed by atoms with Gasteiger partial charge in [0, 0.05) is 34.6 Å². The molecule has 148 valence electrons. The van der Waals surface area contributed by atoms with Gasteiger partial charge in [-0.15, -0.1) is 0 Å². The first-order valence-corrected chi connectivity index (χ1v) is 10.2. The van der Waals surface area contributed by atoms with Crippen LogP contribution in [-0.2, 0) is 0 Å². The van der Waals surface area contributed by atoms with E-state index in [2.05, 4.69) is 60.9 Å². The van der Waals surface area contributed by atoms with Gasteiger partial charge in [-0.05, 0) is 36.8 Å². The summed E-state index contributed by atoms with van der Waals surface area (Å²) in [5.74, 6) is 0.460. The van der Waals surface area contributed by atoms with E-state index < -0.39 is 5.91 Å². The lowest BCUT2D eigenvalue weighted by Gasteiger charge is -2.21. The van der Waals surface area contributed by atoms with Gasteiger partial charge in [-0.3, -0.25) is 4.79 Å². The second kappa shape index (κ2) is 7.83. The summed E-state index contributed by atoms with van der Waals surface area (Å²) in [5, 5.41) is 4.38. The summed E-state index contributed by atoms with van der Waals surface area (Å²) in [6.07, 6.45) is 1.47. The highest BCUT2D eigenvalue weighted by atomic mass is 79.9. The summed E-state index contributed by atoms with van der Waals surface area (Å²) in [5.41, 5.74) is 8.76. The predicted molar refractivity (Wildman–Crippen MR) is 119 cm³/mol. The van der Waals surface area contributed by atoms with Crippen LogP contribution in [0.15, 0.2) is 65.5 Å². The molecule has 0 aliphatic carbocycles. The van der Waals surface area contributed by atoms with Crippen LogP contribution in [0.2, 0.25) is 0 Å². The number of rotatable bonds is 5. The van der Waals surface area contributed by atoms with E-state index >= 15 is 0 Å². The normalized spacial score (nSPS) is 18.8. The van der Waals surface area contributed by atoms with Crippen molar-refractivity contribution < 1.29 is 4.79 Å². The highest BCUT2D eigenvalue weighted by Crippen LogP contribution is 2.34. The molecule has 4 rings (SSSR count). The number of hydrogen-bond acceptors (Lipinski definition) is 5. The first-order valence-electron chi connectivity index (χ1n) is 9.40. The molecule has 3 N–H and O–H groups in total. The van der Waals surface area contributed by atoms with Crippen molar-refractivity contribution in [1.82, 2.24) is 14.9 Å². The van der Waals surface area contributed by atoms with Crippen molar-refractivity contribution in [3.63, 3.8) is 0 Å². The average Bonchev–Trinajstić information content (AvgIpc) is 3.12. The molecule has 2 unspecified atom stereocenters. The van der Waals surface area contributed by atoms with Crippen molar-refractivity contribution >= 4 is 38.6 Å². The lowest BCUT2D eigenvalue weighted by molar-refractivity contribution is 0.100. The van der Waals surface area contributed by atoms with Gasteiger partial charge in [-0.2, -0.15) is 0 Å². The fourth-order valence-corrected chi connectivity index (χ4v) is 4.33. The molecule has 2 atom stereocenters. The SMILES string of the molecule is C=C(C)N1CC(Nc2ncnc3c(C(N)=O)cccc23)C(c2cccc(Br)c2)C1. The summed E-state index contributed by atoms with van der Waals surface area (Å²) >= 11 is 3.58. The topological polar surface area (TPSA) is 84.1 Å². The van der Waals surface area contributed by atoms with E-state index in [0.717, 1.165) is 28.6 Å². The monoisotopic (exact) mass is 451 g/mol. The minimum absolute atomic E-state index is 0.122. The van der Waals surface area contributed by atoms with Crippen molar-refractivity contribution in [3.05, 3.63) is 76.7 Å². The summed E-state index contributed by atoms with van der Waals surface area (Å²) in [7, 11) is 0. The largest absolute Gasteiger partial charge is 0.373 e. The molecule has 0 bridgehead atoms. The van der Waals surface area contributed by atoms with Gasteiger partial charge in [-0.25, -0.2) is 9.97 Å². The maximum absolute atomic E-state index is 11.8. The zero-order valence-electron chi connectivity index (χ0n) is 16.1. The van der Waals surface area contributed by atoms with Crippen molar-refractivity contribution in [2.24, 2.45) is 5.73 Å². The molecule has 1 amide bonds. The lowest BCUT2D eigenvalue weighted by Crippen LogP contribution is -2.28. The third kappa shape index (κ3) is 3.82. The van der Waals surface area contributed by atoms with Crippen molar-refractivity contribution in [2.75, 3.05) is 18.4 Å². The Morgan fingerprint density at radius 1 is 1.24 bits per heavy atom. The summed E-state index contributed by atoms with van der Waals surface area (Å²) < 4.78 is 1.06. The first-order chi connectivity index (χ1) is 13.9. The number of nitrogens with zero attached hydrogens (tertiary/aromatic N) is 3. The van der Waals surface area contributed by atoms with Gasteiger partial charge >= 0.3 is 0 Å². The van der Waals surface area contributed by atoms with Gasteiger partial charge in [-0.1, -0.05) is 40.7 Å². The number of nitrogens with one attached hydrogen (secondary N) is 1. The van der Waals surface area contributed by atoms with Crippen LogP contribution in [0.4, 0.5) is 5.82 Å². The van der Waals surface area contributed by atoms with Gasteiger partial charge in [0.1, 0.15) is 12.1 Å². The highest BCUT2D eigenvalue weighted by molar-refractivity contribution is 9.10. The summed E-state index contributed by atoms with van der Waals surface area (Å²) in [6.45, 7) is 7.83. The predicted octanol–water partition coefficient (Wildman–Crippen LogP) is 3.90. The van der Waals surface area contributed by atoms with Crippen LogP contribution in [0.3, 0.4) is 0 Å². The highest BCUT2D eigenvalue weighted by Gasteiger charge is 2.34. The van der Waals surface area contributed by atoms with E-state index in [0.29, 0.717) is 16.9 Å². The standard InChI is InChI=1S/C22H22BrN5O/c1-13(2)28-10-18(14-5-3-6-15(23)9-14)19(11-28)27-22-17-8-4-7-16(21(24)29)20(17)25-12-26-22/h3-9,12,18-19H,1,10-11H2,2H3,(H2,24,29)(H,25,26,27). The third-order valence-electron chi connectivity index (χ3n) is 5.39. The second-order valence-electron chi connectivity index (χ2n) is 7.34. The minimum atomic E-state index is -0.499. The fraction of sp³-hybridized carbons (Fsp3) is 0.227. The molecule has 1 aromatic heterocycles. The number of benzene rings is 2. The van der Waals surface area contributed by atoms with E-state index in [9.17, 15) is 4.79 Å². The molecule has 0 spiro atoms. The quantitative estimate of drug-likeness (QED) is 0.614. The Morgan fingerprint density at radius 2 is 2.03 bits per heavy atom. The Morgan fingerprint density at radius 3 is 2.76 bits per heavy atom. The molecule has 1 aliphatic rings. The Labute approximate surface area is 178 Å². The molecule has 1 fully saturated rings. The number of likely N-dealkylation sites (tertiary alicyclic amines) is 1. The van der Waals surface area contributed by atoms with E-state index in [4.69, 9.17) is 5.73 Å². The van der Waals surface area contributed by atoms with Crippen LogP contribution in [0, 0.1) is 0 Å². The Hall–Kier alpha value is -2.93. The maximum Gasteiger partial charge on any atom is 0.250 e. The molecular formula is C22H22BrN5O. The molecule has 6 nitrogen and oxygen atoms in total. The van der Waals surface area contributed by atoms with Gasteiger partial charge in [0.15, 0.2) is 0 Å². The number of carbonyl (C=O) groups excluding carboxylic acids is 1. The van der Waals surface area contributed by atoms with Crippen LogP contribution in [-0.4, -0.2) is 39.9 Å². The summed E-state index contributed by atoms with van der Waals surface area (Å²) in [4.78, 5) is 22.8. The summed E-state index contributed by atoms with van der Waals surface area (Å²) in [6, 6.07) is 13.9. The van der Waals surface area contributed by atoms with E-state index in [-0.39, 0.29) is 12.0 Å².